The lowest BCUT2D eigenvalue weighted by atomic mass is 9.91. The first kappa shape index (κ1) is 15.8. The molecule has 4 heteroatoms. The summed E-state index contributed by atoms with van der Waals surface area (Å²) >= 11 is 0. The molecule has 2 rings (SSSR count). The number of rotatable bonds is 7. The lowest BCUT2D eigenvalue weighted by molar-refractivity contribution is -0.127. The third-order valence-electron chi connectivity index (χ3n) is 5.05. The first-order valence-corrected chi connectivity index (χ1v) is 8.41. The van der Waals surface area contributed by atoms with Crippen LogP contribution in [0.4, 0.5) is 0 Å². The van der Waals surface area contributed by atoms with Crippen LogP contribution in [0.1, 0.15) is 58.3 Å². The van der Waals surface area contributed by atoms with Crippen molar-refractivity contribution < 1.29 is 4.79 Å². The number of carbonyl (C=O) groups excluding carboxylic acids is 1. The largest absolute Gasteiger partial charge is 0.353 e. The van der Waals surface area contributed by atoms with Gasteiger partial charge in [-0.15, -0.1) is 0 Å². The van der Waals surface area contributed by atoms with Gasteiger partial charge in [0.1, 0.15) is 0 Å². The molecule has 4 nitrogen and oxygen atoms in total. The van der Waals surface area contributed by atoms with Gasteiger partial charge >= 0.3 is 0 Å². The number of hydrogen-bond donors (Lipinski definition) is 2. The van der Waals surface area contributed by atoms with Crippen LogP contribution in [0, 0.1) is 0 Å². The second-order valence-corrected chi connectivity index (χ2v) is 6.54. The van der Waals surface area contributed by atoms with Gasteiger partial charge in [0.15, 0.2) is 0 Å². The standard InChI is InChI=1S/C16H31N3O/c1-3-9-16(10-6-11-18-16)15(20)17-12-13-19(2)14-7-4-5-8-14/h14,18H,3-13H2,1-2H3,(H,17,20). The van der Waals surface area contributed by atoms with Crippen LogP contribution in [0.15, 0.2) is 0 Å². The molecule has 0 aromatic heterocycles. The Bertz CT molecular complexity index is 307. The molecular formula is C16H31N3O. The zero-order valence-electron chi connectivity index (χ0n) is 13.2. The summed E-state index contributed by atoms with van der Waals surface area (Å²) in [4.78, 5) is 14.9. The first-order chi connectivity index (χ1) is 9.68. The molecule has 2 aliphatic rings. The van der Waals surface area contributed by atoms with Crippen molar-refractivity contribution in [3.63, 3.8) is 0 Å². The summed E-state index contributed by atoms with van der Waals surface area (Å²) in [6.07, 6.45) is 9.51. The number of nitrogens with one attached hydrogen (secondary N) is 2. The summed E-state index contributed by atoms with van der Waals surface area (Å²) < 4.78 is 0. The van der Waals surface area contributed by atoms with Gasteiger partial charge in [-0.05, 0) is 45.7 Å². The molecule has 116 valence electrons. The molecule has 0 spiro atoms. The van der Waals surface area contributed by atoms with Crippen molar-refractivity contribution in [3.8, 4) is 0 Å². The summed E-state index contributed by atoms with van der Waals surface area (Å²) in [7, 11) is 2.19. The number of nitrogens with zero attached hydrogens (tertiary/aromatic N) is 1. The van der Waals surface area contributed by atoms with E-state index in [1.165, 1.54) is 25.7 Å². The van der Waals surface area contributed by atoms with E-state index in [0.29, 0.717) is 0 Å². The molecule has 1 heterocycles. The smallest absolute Gasteiger partial charge is 0.240 e. The lowest BCUT2D eigenvalue weighted by Gasteiger charge is -2.29. The van der Waals surface area contributed by atoms with E-state index in [4.69, 9.17) is 0 Å². The molecule has 0 aromatic carbocycles. The average Bonchev–Trinajstić information content (AvgIpc) is 3.10. The number of hydrogen-bond acceptors (Lipinski definition) is 3. The number of carbonyl (C=O) groups is 1. The second kappa shape index (κ2) is 7.41. The predicted molar refractivity (Wildman–Crippen MR) is 82.8 cm³/mol. The molecule has 0 bridgehead atoms. The van der Waals surface area contributed by atoms with E-state index in [-0.39, 0.29) is 11.4 Å². The summed E-state index contributed by atoms with van der Waals surface area (Å²) in [5, 5.41) is 6.60. The van der Waals surface area contributed by atoms with Crippen molar-refractivity contribution in [2.24, 2.45) is 0 Å². The van der Waals surface area contributed by atoms with Crippen molar-refractivity contribution in [2.75, 3.05) is 26.7 Å². The highest BCUT2D eigenvalue weighted by molar-refractivity contribution is 5.86. The topological polar surface area (TPSA) is 44.4 Å². The fraction of sp³-hybridized carbons (Fsp3) is 0.938. The van der Waals surface area contributed by atoms with Gasteiger partial charge in [-0.25, -0.2) is 0 Å². The van der Waals surface area contributed by atoms with Gasteiger partial charge < -0.3 is 15.5 Å². The molecule has 2 fully saturated rings. The average molecular weight is 281 g/mol. The highest BCUT2D eigenvalue weighted by atomic mass is 16.2. The fourth-order valence-corrected chi connectivity index (χ4v) is 3.80. The normalized spacial score (nSPS) is 27.4. The Morgan fingerprint density at radius 3 is 2.70 bits per heavy atom. The summed E-state index contributed by atoms with van der Waals surface area (Å²) in [5.74, 6) is 0.219. The minimum Gasteiger partial charge on any atom is -0.353 e. The Balaban J connectivity index is 1.73. The lowest BCUT2D eigenvalue weighted by Crippen LogP contribution is -2.54. The van der Waals surface area contributed by atoms with E-state index in [9.17, 15) is 4.79 Å². The molecular weight excluding hydrogens is 250 g/mol. The van der Waals surface area contributed by atoms with Crippen LogP contribution < -0.4 is 10.6 Å². The van der Waals surface area contributed by atoms with Crippen LogP contribution in [-0.4, -0.2) is 49.1 Å². The molecule has 1 aliphatic carbocycles. The first-order valence-electron chi connectivity index (χ1n) is 8.41. The Kier molecular flexibility index (Phi) is 5.85. The highest BCUT2D eigenvalue weighted by Gasteiger charge is 2.39. The van der Waals surface area contributed by atoms with Gasteiger partial charge in [-0.2, -0.15) is 0 Å². The highest BCUT2D eigenvalue weighted by Crippen LogP contribution is 2.25. The summed E-state index contributed by atoms with van der Waals surface area (Å²) in [6, 6.07) is 0.737. The van der Waals surface area contributed by atoms with Crippen molar-refractivity contribution >= 4 is 5.91 Å². The monoisotopic (exact) mass is 281 g/mol. The van der Waals surface area contributed by atoms with Crippen molar-refractivity contribution in [1.82, 2.24) is 15.5 Å². The van der Waals surface area contributed by atoms with E-state index in [2.05, 4.69) is 29.5 Å². The Morgan fingerprint density at radius 1 is 1.35 bits per heavy atom. The van der Waals surface area contributed by atoms with Gasteiger partial charge in [-0.3, -0.25) is 4.79 Å². The van der Waals surface area contributed by atoms with E-state index in [0.717, 1.165) is 51.4 Å². The van der Waals surface area contributed by atoms with Crippen molar-refractivity contribution in [2.45, 2.75) is 69.9 Å². The van der Waals surface area contributed by atoms with E-state index < -0.39 is 0 Å². The van der Waals surface area contributed by atoms with Crippen LogP contribution in [0.25, 0.3) is 0 Å². The maximum Gasteiger partial charge on any atom is 0.240 e. The van der Waals surface area contributed by atoms with Crippen LogP contribution in [0.2, 0.25) is 0 Å². The van der Waals surface area contributed by atoms with Crippen LogP contribution in [0.3, 0.4) is 0 Å². The molecule has 1 aliphatic heterocycles. The maximum absolute atomic E-state index is 12.5. The zero-order chi connectivity index (χ0) is 14.4. The molecule has 0 aromatic rings. The molecule has 1 atom stereocenters. The van der Waals surface area contributed by atoms with Gasteiger partial charge in [0.2, 0.25) is 5.91 Å². The minimum atomic E-state index is -0.277. The minimum absolute atomic E-state index is 0.219. The summed E-state index contributed by atoms with van der Waals surface area (Å²) in [5.41, 5.74) is -0.277. The third-order valence-corrected chi connectivity index (χ3v) is 5.05. The van der Waals surface area contributed by atoms with Crippen LogP contribution in [-0.2, 0) is 4.79 Å². The van der Waals surface area contributed by atoms with E-state index in [1.54, 1.807) is 0 Å². The van der Waals surface area contributed by atoms with Gasteiger partial charge in [0.05, 0.1) is 5.54 Å². The van der Waals surface area contributed by atoms with Crippen molar-refractivity contribution in [3.05, 3.63) is 0 Å². The van der Waals surface area contributed by atoms with E-state index in [1.807, 2.05) is 0 Å². The molecule has 1 saturated carbocycles. The Labute approximate surface area is 123 Å². The Morgan fingerprint density at radius 2 is 2.10 bits per heavy atom. The van der Waals surface area contributed by atoms with Gasteiger partial charge in [0.25, 0.3) is 0 Å². The number of likely N-dealkylation sites (N-methyl/N-ethyl adjacent to an activating group) is 1. The number of amides is 1. The molecule has 1 unspecified atom stereocenters. The van der Waals surface area contributed by atoms with Gasteiger partial charge in [-0.1, -0.05) is 26.2 Å². The van der Waals surface area contributed by atoms with Crippen LogP contribution in [0.5, 0.6) is 0 Å². The Hall–Kier alpha value is -0.610. The summed E-state index contributed by atoms with van der Waals surface area (Å²) in [6.45, 7) is 4.88. The quantitative estimate of drug-likeness (QED) is 0.749. The second-order valence-electron chi connectivity index (χ2n) is 6.54. The molecule has 2 N–H and O–H groups in total. The van der Waals surface area contributed by atoms with Crippen LogP contribution >= 0.6 is 0 Å². The molecule has 20 heavy (non-hydrogen) atoms. The maximum atomic E-state index is 12.5. The molecule has 1 saturated heterocycles. The predicted octanol–water partition coefficient (Wildman–Crippen LogP) is 1.90. The SMILES string of the molecule is CCCC1(C(=O)NCCN(C)C2CCCC2)CCCN1. The zero-order valence-corrected chi connectivity index (χ0v) is 13.2. The molecule has 1 amide bonds. The molecule has 0 radical (unpaired) electrons. The van der Waals surface area contributed by atoms with Gasteiger partial charge in [0, 0.05) is 19.1 Å². The third kappa shape index (κ3) is 3.73. The van der Waals surface area contributed by atoms with Crippen molar-refractivity contribution in [1.29, 1.82) is 0 Å². The fourth-order valence-electron chi connectivity index (χ4n) is 3.80. The van der Waals surface area contributed by atoms with E-state index >= 15 is 0 Å².